The summed E-state index contributed by atoms with van der Waals surface area (Å²) >= 11 is 0. The predicted molar refractivity (Wildman–Crippen MR) is 107 cm³/mol. The third-order valence-corrected chi connectivity index (χ3v) is 6.21. The fourth-order valence-electron chi connectivity index (χ4n) is 4.15. The van der Waals surface area contributed by atoms with Crippen molar-refractivity contribution in [2.24, 2.45) is 11.1 Å². The van der Waals surface area contributed by atoms with Crippen molar-refractivity contribution in [3.63, 3.8) is 0 Å². The van der Waals surface area contributed by atoms with Crippen molar-refractivity contribution in [3.8, 4) is 0 Å². The van der Waals surface area contributed by atoms with Crippen molar-refractivity contribution >= 4 is 11.5 Å². The number of hydrogen-bond donors (Lipinski definition) is 1. The van der Waals surface area contributed by atoms with Gasteiger partial charge in [-0.25, -0.2) is 0 Å². The average molecular weight is 356 g/mol. The Kier molecular flexibility index (Phi) is 5.25. The SMILES string of the molecule is CC1(C)CC=C(c2nc(C(C)(C)N3CCCCC3)ccc2C(N)=O)CC1. The summed E-state index contributed by atoms with van der Waals surface area (Å²) in [6.07, 6.45) is 9.14. The minimum Gasteiger partial charge on any atom is -0.366 e. The number of pyridine rings is 1. The molecule has 2 N–H and O–H groups in total. The van der Waals surface area contributed by atoms with Gasteiger partial charge in [-0.3, -0.25) is 14.7 Å². The van der Waals surface area contributed by atoms with Gasteiger partial charge in [-0.2, -0.15) is 0 Å². The van der Waals surface area contributed by atoms with E-state index in [0.29, 0.717) is 11.0 Å². The van der Waals surface area contributed by atoms with Crippen LogP contribution in [0.25, 0.3) is 5.57 Å². The van der Waals surface area contributed by atoms with Crippen molar-refractivity contribution < 1.29 is 4.79 Å². The number of primary amides is 1. The summed E-state index contributed by atoms with van der Waals surface area (Å²) in [5, 5.41) is 0. The maximum atomic E-state index is 12.0. The van der Waals surface area contributed by atoms with Crippen molar-refractivity contribution in [2.45, 2.75) is 71.8 Å². The highest BCUT2D eigenvalue weighted by molar-refractivity contribution is 5.97. The molecule has 26 heavy (non-hydrogen) atoms. The van der Waals surface area contributed by atoms with Crippen molar-refractivity contribution in [2.75, 3.05) is 13.1 Å². The fourth-order valence-corrected chi connectivity index (χ4v) is 4.15. The van der Waals surface area contributed by atoms with E-state index < -0.39 is 0 Å². The van der Waals surface area contributed by atoms with Crippen LogP contribution in [0.5, 0.6) is 0 Å². The van der Waals surface area contributed by atoms with Gasteiger partial charge in [0.25, 0.3) is 5.91 Å². The molecule has 1 amide bonds. The third-order valence-electron chi connectivity index (χ3n) is 6.21. The Labute approximate surface area is 157 Å². The van der Waals surface area contributed by atoms with Gasteiger partial charge >= 0.3 is 0 Å². The Morgan fingerprint density at radius 1 is 1.19 bits per heavy atom. The monoisotopic (exact) mass is 355 g/mol. The maximum Gasteiger partial charge on any atom is 0.250 e. The molecule has 1 saturated heterocycles. The summed E-state index contributed by atoms with van der Waals surface area (Å²) in [5.74, 6) is -0.388. The molecular weight excluding hydrogens is 322 g/mol. The highest BCUT2D eigenvalue weighted by atomic mass is 16.1. The molecule has 1 aromatic rings. The number of hydrogen-bond acceptors (Lipinski definition) is 3. The second-order valence-corrected chi connectivity index (χ2v) is 9.16. The molecule has 1 aliphatic heterocycles. The molecule has 4 nitrogen and oxygen atoms in total. The predicted octanol–water partition coefficient (Wildman–Crippen LogP) is 4.50. The summed E-state index contributed by atoms with van der Waals surface area (Å²) in [6.45, 7) is 11.3. The van der Waals surface area contributed by atoms with Crippen LogP contribution in [0.2, 0.25) is 0 Å². The average Bonchev–Trinajstić information content (AvgIpc) is 2.62. The minimum absolute atomic E-state index is 0.139. The van der Waals surface area contributed by atoms with Crippen LogP contribution in [0.1, 0.15) is 88.0 Å². The molecule has 0 atom stereocenters. The zero-order chi connectivity index (χ0) is 18.9. The molecule has 3 rings (SSSR count). The molecule has 0 saturated carbocycles. The van der Waals surface area contributed by atoms with Gasteiger partial charge in [-0.1, -0.05) is 26.3 Å². The highest BCUT2D eigenvalue weighted by Crippen LogP contribution is 2.39. The van der Waals surface area contributed by atoms with E-state index >= 15 is 0 Å². The van der Waals surface area contributed by atoms with Gasteiger partial charge < -0.3 is 5.73 Å². The van der Waals surface area contributed by atoms with Crippen LogP contribution in [-0.4, -0.2) is 28.9 Å². The molecule has 1 fully saturated rings. The van der Waals surface area contributed by atoms with E-state index in [-0.39, 0.29) is 11.4 Å². The highest BCUT2D eigenvalue weighted by Gasteiger charge is 2.32. The van der Waals surface area contributed by atoms with E-state index in [9.17, 15) is 4.79 Å². The van der Waals surface area contributed by atoms with Gasteiger partial charge in [0.1, 0.15) is 0 Å². The number of allylic oxidation sites excluding steroid dienone is 2. The molecule has 4 heteroatoms. The lowest BCUT2D eigenvalue weighted by Gasteiger charge is -2.41. The third kappa shape index (κ3) is 3.85. The van der Waals surface area contributed by atoms with Crippen molar-refractivity contribution in [1.82, 2.24) is 9.88 Å². The van der Waals surface area contributed by atoms with Crippen LogP contribution in [0.15, 0.2) is 18.2 Å². The number of nitrogens with zero attached hydrogens (tertiary/aromatic N) is 2. The van der Waals surface area contributed by atoms with E-state index in [0.717, 1.165) is 43.7 Å². The van der Waals surface area contributed by atoms with Gasteiger partial charge in [0.2, 0.25) is 0 Å². The van der Waals surface area contributed by atoms with Gasteiger partial charge in [0.05, 0.1) is 22.5 Å². The summed E-state index contributed by atoms with van der Waals surface area (Å²) in [4.78, 5) is 19.5. The second-order valence-electron chi connectivity index (χ2n) is 9.16. The Balaban J connectivity index is 1.99. The first kappa shape index (κ1) is 19.1. The molecule has 1 aliphatic carbocycles. The van der Waals surface area contributed by atoms with E-state index in [1.807, 2.05) is 12.1 Å². The standard InChI is InChI=1S/C22H33N3O/c1-21(2)12-10-16(11-13-21)19-17(20(23)26)8-9-18(24-19)22(3,4)25-14-6-5-7-15-25/h8-10H,5-7,11-15H2,1-4H3,(H2,23,26). The molecule has 2 aliphatic rings. The van der Waals surface area contributed by atoms with E-state index in [4.69, 9.17) is 10.7 Å². The van der Waals surface area contributed by atoms with Crippen LogP contribution in [0.4, 0.5) is 0 Å². The zero-order valence-electron chi connectivity index (χ0n) is 16.8. The van der Waals surface area contributed by atoms with E-state index in [1.165, 1.54) is 24.8 Å². The summed E-state index contributed by atoms with van der Waals surface area (Å²) in [5.41, 5.74) is 9.40. The van der Waals surface area contributed by atoms with Crippen LogP contribution in [0, 0.1) is 5.41 Å². The quantitative estimate of drug-likeness (QED) is 0.865. The molecular formula is C22H33N3O. The summed E-state index contributed by atoms with van der Waals surface area (Å²) in [6, 6.07) is 3.87. The maximum absolute atomic E-state index is 12.0. The molecule has 0 bridgehead atoms. The van der Waals surface area contributed by atoms with Crippen LogP contribution in [-0.2, 0) is 5.54 Å². The van der Waals surface area contributed by atoms with Crippen LogP contribution < -0.4 is 5.73 Å². The van der Waals surface area contributed by atoms with Crippen LogP contribution >= 0.6 is 0 Å². The van der Waals surface area contributed by atoms with Crippen LogP contribution in [0.3, 0.4) is 0 Å². The Bertz CT molecular complexity index is 712. The van der Waals surface area contributed by atoms with Gasteiger partial charge in [0.15, 0.2) is 0 Å². The number of piperidine rings is 1. The molecule has 142 valence electrons. The first-order chi connectivity index (χ1) is 12.2. The number of nitrogens with two attached hydrogens (primary N) is 1. The molecule has 1 aromatic heterocycles. The number of rotatable bonds is 4. The normalized spacial score (nSPS) is 21.3. The molecule has 0 spiro atoms. The smallest absolute Gasteiger partial charge is 0.250 e. The number of likely N-dealkylation sites (tertiary alicyclic amines) is 1. The van der Waals surface area contributed by atoms with Crippen molar-refractivity contribution in [1.29, 1.82) is 0 Å². The number of amides is 1. The van der Waals surface area contributed by atoms with Crippen molar-refractivity contribution in [3.05, 3.63) is 35.2 Å². The van der Waals surface area contributed by atoms with Gasteiger partial charge in [-0.05, 0) is 82.2 Å². The molecule has 0 radical (unpaired) electrons. The largest absolute Gasteiger partial charge is 0.366 e. The Hall–Kier alpha value is -1.68. The number of aromatic nitrogens is 1. The first-order valence-corrected chi connectivity index (χ1v) is 9.96. The fraction of sp³-hybridized carbons (Fsp3) is 0.636. The lowest BCUT2D eigenvalue weighted by Crippen LogP contribution is -2.45. The zero-order valence-corrected chi connectivity index (χ0v) is 16.8. The Morgan fingerprint density at radius 3 is 2.46 bits per heavy atom. The molecule has 0 unspecified atom stereocenters. The van der Waals surface area contributed by atoms with E-state index in [2.05, 4.69) is 38.7 Å². The number of carbonyl (C=O) groups excluding carboxylic acids is 1. The second kappa shape index (κ2) is 7.15. The van der Waals surface area contributed by atoms with Gasteiger partial charge in [0, 0.05) is 0 Å². The Morgan fingerprint density at radius 2 is 1.88 bits per heavy atom. The van der Waals surface area contributed by atoms with Gasteiger partial charge in [-0.15, -0.1) is 0 Å². The topological polar surface area (TPSA) is 59.2 Å². The minimum atomic E-state index is -0.388. The summed E-state index contributed by atoms with van der Waals surface area (Å²) < 4.78 is 0. The molecule has 2 heterocycles. The number of carbonyl (C=O) groups is 1. The van der Waals surface area contributed by atoms with E-state index in [1.54, 1.807) is 0 Å². The summed E-state index contributed by atoms with van der Waals surface area (Å²) in [7, 11) is 0. The lowest BCUT2D eigenvalue weighted by molar-refractivity contribution is 0.0905. The lowest BCUT2D eigenvalue weighted by atomic mass is 9.77. The first-order valence-electron chi connectivity index (χ1n) is 9.96. The molecule has 0 aromatic carbocycles.